The van der Waals surface area contributed by atoms with Gasteiger partial charge in [-0.3, -0.25) is 0 Å². The summed E-state index contributed by atoms with van der Waals surface area (Å²) in [4.78, 5) is 0. The second kappa shape index (κ2) is 5.21. The van der Waals surface area contributed by atoms with E-state index in [-0.39, 0.29) is 18.9 Å². The van der Waals surface area contributed by atoms with Gasteiger partial charge in [0.25, 0.3) is 0 Å². The maximum Gasteiger partial charge on any atom is 1.00 e. The molecule has 1 aliphatic rings. The van der Waals surface area contributed by atoms with Crippen molar-refractivity contribution in [2.45, 2.75) is 26.2 Å². The molecule has 1 aliphatic carbocycles. The Hall–Kier alpha value is -1.35. The van der Waals surface area contributed by atoms with Gasteiger partial charge in [-0.05, 0) is 24.8 Å². The molecular formula is C19H17Li. The number of hydrogen-bond acceptors (Lipinski definition) is 0. The number of fused-ring (bicyclic) bond motifs is 2. The molecule has 20 heavy (non-hydrogen) atoms. The molecular weight excluding hydrogens is 235 g/mol. The predicted molar refractivity (Wildman–Crippen MR) is 81.7 cm³/mol. The molecule has 0 nitrogen and oxygen atoms in total. The van der Waals surface area contributed by atoms with E-state index in [4.69, 9.17) is 0 Å². The monoisotopic (exact) mass is 252 g/mol. The summed E-state index contributed by atoms with van der Waals surface area (Å²) >= 11 is 0. The maximum absolute atomic E-state index is 2.41. The van der Waals surface area contributed by atoms with Crippen LogP contribution in [-0.2, 0) is 12.8 Å². The van der Waals surface area contributed by atoms with Crippen molar-refractivity contribution in [3.8, 4) is 11.1 Å². The zero-order chi connectivity index (χ0) is 12.8. The van der Waals surface area contributed by atoms with Gasteiger partial charge in [0.15, 0.2) is 0 Å². The van der Waals surface area contributed by atoms with Gasteiger partial charge in [-0.2, -0.15) is 6.07 Å². The summed E-state index contributed by atoms with van der Waals surface area (Å²) < 4.78 is 0. The summed E-state index contributed by atoms with van der Waals surface area (Å²) in [5, 5.41) is 2.85. The molecule has 94 valence electrons. The van der Waals surface area contributed by atoms with Crippen LogP contribution >= 0.6 is 0 Å². The molecule has 0 aromatic heterocycles. The van der Waals surface area contributed by atoms with E-state index in [0.717, 1.165) is 0 Å². The van der Waals surface area contributed by atoms with Gasteiger partial charge in [0.2, 0.25) is 0 Å². The molecule has 0 N–H and O–H groups in total. The van der Waals surface area contributed by atoms with Gasteiger partial charge in [-0.25, -0.2) is 0 Å². The fourth-order valence-electron chi connectivity index (χ4n) is 3.51. The Labute approximate surface area is 132 Å². The van der Waals surface area contributed by atoms with E-state index < -0.39 is 0 Å². The summed E-state index contributed by atoms with van der Waals surface area (Å²) in [5.74, 6) is 0. The summed E-state index contributed by atoms with van der Waals surface area (Å²) in [6, 6.07) is 18.0. The molecule has 0 aliphatic heterocycles. The minimum absolute atomic E-state index is 0. The van der Waals surface area contributed by atoms with Gasteiger partial charge in [-0.1, -0.05) is 53.9 Å². The maximum atomic E-state index is 2.41. The molecule has 1 heteroatoms. The number of benzene rings is 2. The molecule has 0 atom stereocenters. The van der Waals surface area contributed by atoms with E-state index in [9.17, 15) is 0 Å². The molecule has 0 unspecified atom stereocenters. The number of rotatable bonds is 1. The summed E-state index contributed by atoms with van der Waals surface area (Å²) in [5.41, 5.74) is 7.38. The summed E-state index contributed by atoms with van der Waals surface area (Å²) in [6.45, 7) is 2.19. The van der Waals surface area contributed by atoms with Crippen LogP contribution in [0.3, 0.4) is 0 Å². The standard InChI is InChI=1S/C19H17.Li/c1-13-10-16-12-15-8-5-9-17(15)19(18(16)11-13)14-6-3-2-4-7-14;/h2-4,6-7,10-12H,5,8-9H2,1H3;/q-1;+1. The smallest absolute Gasteiger partial charge is 0.165 e. The van der Waals surface area contributed by atoms with Crippen LogP contribution in [-0.4, -0.2) is 0 Å². The molecule has 0 heterocycles. The van der Waals surface area contributed by atoms with Gasteiger partial charge in [-0.15, -0.1) is 28.5 Å². The van der Waals surface area contributed by atoms with E-state index in [2.05, 4.69) is 55.5 Å². The average molecular weight is 252 g/mol. The predicted octanol–water partition coefficient (Wildman–Crippen LogP) is 2.03. The molecule has 0 fully saturated rings. The minimum atomic E-state index is 0. The molecule has 0 saturated heterocycles. The SMILES string of the molecule is Cc1cc2c(-c3ccccc3)c3c(cc2[cH-]1)CCC3.[Li+]. The van der Waals surface area contributed by atoms with Crippen molar-refractivity contribution in [3.63, 3.8) is 0 Å². The van der Waals surface area contributed by atoms with E-state index in [0.29, 0.717) is 0 Å². The van der Waals surface area contributed by atoms with Crippen LogP contribution in [0.25, 0.3) is 21.9 Å². The minimum Gasteiger partial charge on any atom is -0.165 e. The first-order valence-corrected chi connectivity index (χ1v) is 7.10. The normalized spacial score (nSPS) is 13.2. The van der Waals surface area contributed by atoms with Crippen molar-refractivity contribution < 1.29 is 18.9 Å². The van der Waals surface area contributed by atoms with Crippen molar-refractivity contribution in [1.82, 2.24) is 0 Å². The van der Waals surface area contributed by atoms with Gasteiger partial charge >= 0.3 is 18.9 Å². The molecule has 3 aromatic rings. The Bertz CT molecular complexity index is 750. The van der Waals surface area contributed by atoms with Gasteiger partial charge in [0.05, 0.1) is 0 Å². The molecule has 0 spiro atoms. The van der Waals surface area contributed by atoms with E-state index in [1.165, 1.54) is 46.7 Å². The Morgan fingerprint density at radius 2 is 1.80 bits per heavy atom. The molecule has 0 saturated carbocycles. The fourth-order valence-corrected chi connectivity index (χ4v) is 3.51. The Morgan fingerprint density at radius 1 is 1.00 bits per heavy atom. The first-order valence-electron chi connectivity index (χ1n) is 7.10. The van der Waals surface area contributed by atoms with E-state index in [1.807, 2.05) is 0 Å². The second-order valence-corrected chi connectivity index (χ2v) is 5.64. The second-order valence-electron chi connectivity index (χ2n) is 5.64. The third-order valence-electron chi connectivity index (χ3n) is 4.29. The van der Waals surface area contributed by atoms with Crippen molar-refractivity contribution in [2.24, 2.45) is 0 Å². The zero-order valence-electron chi connectivity index (χ0n) is 12.2. The van der Waals surface area contributed by atoms with Crippen LogP contribution in [0.1, 0.15) is 23.1 Å². The molecule has 4 rings (SSSR count). The van der Waals surface area contributed by atoms with Crippen LogP contribution in [0, 0.1) is 6.92 Å². The molecule has 3 aromatic carbocycles. The van der Waals surface area contributed by atoms with Crippen LogP contribution < -0.4 is 18.9 Å². The molecule has 0 bridgehead atoms. The van der Waals surface area contributed by atoms with E-state index in [1.54, 1.807) is 11.1 Å². The number of aryl methyl sites for hydroxylation is 2. The van der Waals surface area contributed by atoms with Crippen molar-refractivity contribution in [2.75, 3.05) is 0 Å². The summed E-state index contributed by atoms with van der Waals surface area (Å²) in [7, 11) is 0. The van der Waals surface area contributed by atoms with Gasteiger partial charge in [0.1, 0.15) is 0 Å². The fraction of sp³-hybridized carbons (Fsp3) is 0.211. The third kappa shape index (κ3) is 2.04. The van der Waals surface area contributed by atoms with E-state index >= 15 is 0 Å². The first-order chi connectivity index (χ1) is 9.33. The Morgan fingerprint density at radius 3 is 2.60 bits per heavy atom. The Kier molecular flexibility index (Phi) is 3.55. The molecule has 0 amide bonds. The summed E-state index contributed by atoms with van der Waals surface area (Å²) in [6.07, 6.45) is 3.79. The van der Waals surface area contributed by atoms with Crippen LogP contribution in [0.2, 0.25) is 0 Å². The average Bonchev–Trinajstić information content (AvgIpc) is 3.01. The quantitative estimate of drug-likeness (QED) is 0.459. The number of hydrogen-bond donors (Lipinski definition) is 0. The van der Waals surface area contributed by atoms with Crippen LogP contribution in [0.15, 0.2) is 48.5 Å². The largest absolute Gasteiger partial charge is 1.00 e. The van der Waals surface area contributed by atoms with Gasteiger partial charge in [0, 0.05) is 0 Å². The van der Waals surface area contributed by atoms with Crippen molar-refractivity contribution in [3.05, 3.63) is 65.2 Å². The zero-order valence-corrected chi connectivity index (χ0v) is 12.2. The van der Waals surface area contributed by atoms with Crippen LogP contribution in [0.4, 0.5) is 0 Å². The Balaban J connectivity index is 0.00000121. The third-order valence-corrected chi connectivity index (χ3v) is 4.29. The van der Waals surface area contributed by atoms with Crippen molar-refractivity contribution >= 4 is 10.8 Å². The molecule has 0 radical (unpaired) electrons. The first kappa shape index (κ1) is 13.6. The van der Waals surface area contributed by atoms with Crippen LogP contribution in [0.5, 0.6) is 0 Å². The van der Waals surface area contributed by atoms with Crippen molar-refractivity contribution in [1.29, 1.82) is 0 Å². The topological polar surface area (TPSA) is 0 Å². The van der Waals surface area contributed by atoms with Gasteiger partial charge < -0.3 is 0 Å².